The summed E-state index contributed by atoms with van der Waals surface area (Å²) in [7, 11) is 0. The number of anilines is 3. The number of nitrogen functional groups attached to an aromatic ring is 1. The van der Waals surface area contributed by atoms with Crippen molar-refractivity contribution in [2.45, 2.75) is 191 Å². The van der Waals surface area contributed by atoms with Crippen molar-refractivity contribution in [2.75, 3.05) is 88.1 Å². The molecule has 0 saturated carbocycles. The highest BCUT2D eigenvalue weighted by Gasteiger charge is 2.54. The molecule has 16 N–H and O–H groups in total. The van der Waals surface area contributed by atoms with Crippen molar-refractivity contribution in [3.05, 3.63) is 191 Å². The summed E-state index contributed by atoms with van der Waals surface area (Å²) in [4.78, 5) is 201. The van der Waals surface area contributed by atoms with Crippen LogP contribution in [0, 0.1) is 6.92 Å². The van der Waals surface area contributed by atoms with Crippen molar-refractivity contribution in [1.82, 2.24) is 93.2 Å². The lowest BCUT2D eigenvalue weighted by molar-refractivity contribution is -0.142. The summed E-state index contributed by atoms with van der Waals surface area (Å²) in [5.41, 5.74) is 8.87. The third-order valence-corrected chi connectivity index (χ3v) is 24.9. The summed E-state index contributed by atoms with van der Waals surface area (Å²) >= 11 is 5.75. The van der Waals surface area contributed by atoms with Gasteiger partial charge in [-0.25, -0.2) is 14.8 Å². The molecule has 6 aliphatic rings. The fourth-order valence-electron chi connectivity index (χ4n) is 17.5. The van der Waals surface area contributed by atoms with E-state index < -0.39 is 144 Å². The molecule has 734 valence electrons. The second-order valence-corrected chi connectivity index (χ2v) is 35.3. The number of phenolic OH excluding ortho intramolecular Hbond substituents is 2. The maximum Gasteiger partial charge on any atom is 0.340 e. The lowest BCUT2D eigenvalue weighted by Crippen LogP contribution is -2.59. The SMILES string of the molecule is Cc1cccc(OCc2cn(CCCC[C@@H]3NC(=O)CNC(=O)[C@@H]4CCCN4C(=O)[C@H](CCCCNC(=O)c4cnc(N5CCOCC5)c(N)c4)NC(=O)[C@H](CCCCNC(=S)Nc4ccc5c(c4)C(=O)OC54c5ccc(O)cc5Oc5cc(O)ccc54)NC(=O)[C@H](C)NC(=O)CNC(=O)[C@@H]4CCCN4C(=O)[C@H](CCCCNC(=O)c4cccc(Oc5ccccc5)c4)NC(=O)[C@H](C)NC3=O)nn2)n1. The highest BCUT2D eigenvalue weighted by Crippen LogP contribution is 2.57. The van der Waals surface area contributed by atoms with Crippen LogP contribution in [0.5, 0.6) is 40.4 Å². The average Bonchev–Trinajstić information content (AvgIpc) is 1.55. The van der Waals surface area contributed by atoms with E-state index in [1.54, 1.807) is 83.7 Å². The van der Waals surface area contributed by atoms with Crippen LogP contribution < -0.4 is 88.6 Å². The molecule has 9 heterocycles. The quantitative estimate of drug-likeness (QED) is 0.0169. The first-order chi connectivity index (χ1) is 67.1. The highest BCUT2D eigenvalue weighted by atomic mass is 32.1. The smallest absolute Gasteiger partial charge is 0.340 e. The van der Waals surface area contributed by atoms with E-state index in [0.29, 0.717) is 127 Å². The third kappa shape index (κ3) is 26.0. The topological polar surface area (TPSA) is 545 Å². The number of fused-ring (bicyclic) bond motifs is 8. The number of carbonyl (C=O) groups excluding carboxylic acids is 13. The fraction of sp³-hybridized carbons (Fsp3) is 0.423. The maximum absolute atomic E-state index is 15.4. The maximum atomic E-state index is 15.4. The molecule has 8 aromatic rings. The van der Waals surface area contributed by atoms with Crippen LogP contribution in [0.1, 0.15) is 176 Å². The van der Waals surface area contributed by atoms with E-state index in [1.165, 1.54) is 60.2 Å². The Morgan fingerprint density at radius 1 is 0.561 bits per heavy atom. The first-order valence-electron chi connectivity index (χ1n) is 46.8. The minimum Gasteiger partial charge on any atom is -0.508 e. The number of thiocarbonyl (C=S) groups is 1. The van der Waals surface area contributed by atoms with E-state index in [4.69, 9.17) is 41.6 Å². The van der Waals surface area contributed by atoms with Crippen molar-refractivity contribution in [3.8, 4) is 40.4 Å². The number of hydrogen-bond donors (Lipinski definition) is 15. The summed E-state index contributed by atoms with van der Waals surface area (Å²) in [5.74, 6) is -7.30. The van der Waals surface area contributed by atoms with Crippen LogP contribution in [-0.4, -0.2) is 247 Å². The number of para-hydroxylation sites is 1. The second-order valence-electron chi connectivity index (χ2n) is 34.9. The molecule has 8 atom stereocenters. The van der Waals surface area contributed by atoms with Crippen molar-refractivity contribution in [2.24, 2.45) is 0 Å². The van der Waals surface area contributed by atoms with Crippen LogP contribution in [0.25, 0.3) is 0 Å². The number of benzene rings is 5. The molecule has 1 spiro atoms. The van der Waals surface area contributed by atoms with Crippen molar-refractivity contribution < 1.29 is 96.2 Å². The molecule has 0 bridgehead atoms. The highest BCUT2D eigenvalue weighted by molar-refractivity contribution is 7.80. The third-order valence-electron chi connectivity index (χ3n) is 24.7. The lowest BCUT2D eigenvalue weighted by atomic mass is 9.77. The van der Waals surface area contributed by atoms with Crippen LogP contribution >= 0.6 is 12.2 Å². The number of pyridine rings is 2. The standard InChI is InChI=1S/C97H115N21O20S/c1-57-19-15-30-83(105-57)135-56-63-55-116(114-113-63)40-14-10-25-73-89(127)107-59(3)86(124)111-75(26-8-11-37-99-87(125)60-20-16-23-67(47-60)136-66-21-5-4-6-22-66)93(131)117-41-17-28-77(117)91(129)103-53-81(121)106-58(2)85(123)110-74(24-7-13-39-101-96(139)108-62-31-34-69-68(49-62)95(133)138-97(69)70-35-32-64(119)50-79(70)137-80-51-65(120)33-36-71(80)97)90(128)112-76(94(132)118-42-18-29-78(118)92(130)104-54-82(122)109-73)27-9-12-38-100-88(126)61-48-72(98)84(102-52-61)115-43-45-134-46-44-115/h4-6,15-16,19-23,30-36,47-52,55,58-59,73-78,119-120H,7-14,17-18,24-29,37-46,53-54,56,98H2,1-3H3,(H,99,125)(H,100,126)(H,103,129)(H,104,130)(H,106,121)(H,107,127)(H,109,122)(H,110,123)(H,111,124)(H,112,128)(H2,101,108,139)/t58-,59-,73-,74-,75-,76-,77-,78-/m0/s1. The largest absolute Gasteiger partial charge is 0.508 e. The molecular weight excluding hydrogens is 1810 g/mol. The van der Waals surface area contributed by atoms with Gasteiger partial charge in [0.2, 0.25) is 65.0 Å². The first kappa shape index (κ1) is 99.9. The van der Waals surface area contributed by atoms with Gasteiger partial charge in [0, 0.05) is 110 Å². The molecule has 14 rings (SSSR count). The van der Waals surface area contributed by atoms with Crippen molar-refractivity contribution in [3.63, 3.8) is 0 Å². The Labute approximate surface area is 806 Å². The molecule has 0 radical (unpaired) electrons. The van der Waals surface area contributed by atoms with Crippen LogP contribution in [0.2, 0.25) is 0 Å². The van der Waals surface area contributed by atoms with Gasteiger partial charge in [0.1, 0.15) is 95.1 Å². The molecule has 5 aromatic carbocycles. The van der Waals surface area contributed by atoms with Crippen LogP contribution in [0.3, 0.4) is 0 Å². The van der Waals surface area contributed by atoms with E-state index in [-0.39, 0.29) is 149 Å². The Hall–Kier alpha value is -15.1. The molecule has 4 fully saturated rings. The van der Waals surface area contributed by atoms with Crippen LogP contribution in [0.15, 0.2) is 146 Å². The molecule has 41 nitrogen and oxygen atoms in total. The molecular formula is C97H115N21O20S. The van der Waals surface area contributed by atoms with Gasteiger partial charge in [0.25, 0.3) is 11.8 Å². The molecule has 0 unspecified atom stereocenters. The zero-order valence-corrected chi connectivity index (χ0v) is 78.1. The van der Waals surface area contributed by atoms with Gasteiger partial charge < -0.3 is 118 Å². The van der Waals surface area contributed by atoms with Crippen molar-refractivity contribution >= 4 is 111 Å². The summed E-state index contributed by atoms with van der Waals surface area (Å²) < 4.78 is 31.2. The zero-order chi connectivity index (χ0) is 98.2. The Balaban J connectivity index is 0.682. The fourth-order valence-corrected chi connectivity index (χ4v) is 17.7. The Kier molecular flexibility index (Phi) is 33.8. The predicted molar refractivity (Wildman–Crippen MR) is 509 cm³/mol. The van der Waals surface area contributed by atoms with E-state index >= 15 is 14.4 Å². The number of nitrogens with one attached hydrogen (secondary N) is 12. The number of aryl methyl sites for hydroxylation is 2. The zero-order valence-electron chi connectivity index (χ0n) is 77.3. The molecule has 4 saturated heterocycles. The Bertz CT molecular complexity index is 5810. The average molecular weight is 1930 g/mol. The number of ether oxygens (including phenoxy) is 5. The number of morpholine rings is 1. The van der Waals surface area contributed by atoms with E-state index in [0.717, 1.165) is 5.69 Å². The number of rotatable bonds is 29. The normalized spacial score (nSPS) is 20.5. The number of nitrogens with zero attached hydrogens (tertiary/aromatic N) is 8. The minimum atomic E-state index is -1.52. The molecule has 6 aliphatic heterocycles. The minimum absolute atomic E-state index is 0.0156. The van der Waals surface area contributed by atoms with E-state index in [2.05, 4.69) is 84.1 Å². The van der Waals surface area contributed by atoms with Gasteiger partial charge in [0.05, 0.1) is 49.3 Å². The molecule has 139 heavy (non-hydrogen) atoms. The van der Waals surface area contributed by atoms with Gasteiger partial charge in [-0.2, -0.15) is 0 Å². The second kappa shape index (κ2) is 47.1. The number of esters is 1. The number of unbranched alkanes of at least 4 members (excludes halogenated alkanes) is 4. The predicted octanol–water partition coefficient (Wildman–Crippen LogP) is 4.85. The van der Waals surface area contributed by atoms with Gasteiger partial charge in [-0.15, -0.1) is 5.10 Å². The Morgan fingerprint density at radius 3 is 1.75 bits per heavy atom. The van der Waals surface area contributed by atoms with Gasteiger partial charge in [-0.1, -0.05) is 41.6 Å². The number of phenols is 2. The first-order valence-corrected chi connectivity index (χ1v) is 47.2. The Morgan fingerprint density at radius 2 is 1.12 bits per heavy atom. The number of hydrogen-bond acceptors (Lipinski definition) is 27. The van der Waals surface area contributed by atoms with Crippen LogP contribution in [0.4, 0.5) is 17.2 Å². The van der Waals surface area contributed by atoms with Gasteiger partial charge in [-0.05, 0) is 215 Å². The molecule has 3 aromatic heterocycles. The summed E-state index contributed by atoms with van der Waals surface area (Å²) in [6.07, 6.45) is 5.96. The summed E-state index contributed by atoms with van der Waals surface area (Å²) in [5, 5.41) is 63.2. The number of carbonyl (C=O) groups is 13. The van der Waals surface area contributed by atoms with E-state index in [9.17, 15) is 58.2 Å². The van der Waals surface area contributed by atoms with Gasteiger partial charge in [-0.3, -0.25) is 62.2 Å². The number of nitrogens with two attached hydrogens (primary N) is 1. The summed E-state index contributed by atoms with van der Waals surface area (Å²) in [6.45, 7) is 6.12. The lowest BCUT2D eigenvalue weighted by Gasteiger charge is -2.36. The van der Waals surface area contributed by atoms with Crippen LogP contribution in [-0.2, 0) is 76.2 Å². The number of aromatic nitrogens is 5. The molecule has 12 amide bonds. The monoisotopic (exact) mass is 1930 g/mol. The number of aromatic hydroxyl groups is 2. The molecule has 42 heteroatoms. The van der Waals surface area contributed by atoms with Crippen molar-refractivity contribution in [1.29, 1.82) is 0 Å². The number of amides is 12. The van der Waals surface area contributed by atoms with Gasteiger partial charge in [0.15, 0.2) is 16.5 Å². The van der Waals surface area contributed by atoms with Gasteiger partial charge >= 0.3 is 5.97 Å². The molecule has 0 aliphatic carbocycles. The summed E-state index contributed by atoms with van der Waals surface area (Å²) in [6, 6.07) is 25.7. The van der Waals surface area contributed by atoms with E-state index in [1.807, 2.05) is 42.2 Å².